The van der Waals surface area contributed by atoms with E-state index >= 15 is 0 Å². The van der Waals surface area contributed by atoms with Crippen molar-refractivity contribution in [1.82, 2.24) is 0 Å². The molecule has 1 aliphatic heterocycles. The number of fused-ring (bicyclic) bond motifs is 1. The Morgan fingerprint density at radius 1 is 1.11 bits per heavy atom. The van der Waals surface area contributed by atoms with E-state index in [1.165, 1.54) is 36.4 Å². The number of phenols is 1. The Bertz CT molecular complexity index is 1670. The van der Waals surface area contributed by atoms with Crippen LogP contribution >= 0.6 is 11.6 Å². The predicted molar refractivity (Wildman–Crippen MR) is 169 cm³/mol. The molecule has 3 N–H and O–H groups in total. The summed E-state index contributed by atoms with van der Waals surface area (Å²) in [7, 11) is 0. The van der Waals surface area contributed by atoms with Gasteiger partial charge in [0.05, 0.1) is 40.2 Å². The second-order valence-corrected chi connectivity index (χ2v) is 11.7. The fourth-order valence-corrected chi connectivity index (χ4v) is 6.50. The molecular formula is C34H33ClN2O8. The molecule has 1 heterocycles. The second-order valence-electron chi connectivity index (χ2n) is 11.3. The van der Waals surface area contributed by atoms with E-state index in [0.717, 1.165) is 10.5 Å². The first-order valence-corrected chi connectivity index (χ1v) is 14.9. The zero-order chi connectivity index (χ0) is 32.2. The van der Waals surface area contributed by atoms with Crippen LogP contribution in [0.15, 0.2) is 89.5 Å². The number of ether oxygens (including phenoxy) is 1. The molecule has 1 fully saturated rings. The number of halogens is 1. The summed E-state index contributed by atoms with van der Waals surface area (Å²) in [6.07, 6.45) is 1.62. The molecular weight excluding hydrogens is 600 g/mol. The maximum absolute atomic E-state index is 13.8. The molecule has 2 aliphatic rings. The number of nitrogens with zero attached hydrogens (tertiary/aromatic N) is 2. The number of hydrogen-bond donors (Lipinski definition) is 3. The first-order valence-electron chi connectivity index (χ1n) is 14.6. The Kier molecular flexibility index (Phi) is 9.67. The third-order valence-corrected chi connectivity index (χ3v) is 8.72. The van der Waals surface area contributed by atoms with Crippen LogP contribution in [0.25, 0.3) is 6.08 Å². The SMILES string of the molecule is C/C(=C\c1ccc(O)cc1Cl)CC[C@@H](O)C1=C(COc2ccccc2)C[C@H]2C(=O)N(c3cccc([N+](=O)[O-])c3)C(=O)[C@H]2[C@H]1CO. The lowest BCUT2D eigenvalue weighted by Crippen LogP contribution is -2.40. The van der Waals surface area contributed by atoms with E-state index in [1.807, 2.05) is 31.2 Å². The van der Waals surface area contributed by atoms with Crippen LogP contribution < -0.4 is 9.64 Å². The van der Waals surface area contributed by atoms with E-state index in [1.54, 1.807) is 18.2 Å². The number of amides is 2. The van der Waals surface area contributed by atoms with Crippen molar-refractivity contribution in [2.75, 3.05) is 18.1 Å². The van der Waals surface area contributed by atoms with Gasteiger partial charge in [-0.3, -0.25) is 19.7 Å². The van der Waals surface area contributed by atoms with Crippen LogP contribution in [0.2, 0.25) is 5.02 Å². The number of carbonyl (C=O) groups excluding carboxylic acids is 2. The number of rotatable bonds is 11. The van der Waals surface area contributed by atoms with Crippen molar-refractivity contribution in [3.63, 3.8) is 0 Å². The number of imide groups is 1. The number of aliphatic hydroxyl groups is 2. The number of benzene rings is 3. The maximum atomic E-state index is 13.8. The number of anilines is 1. The Morgan fingerprint density at radius 3 is 2.56 bits per heavy atom. The average Bonchev–Trinajstić information content (AvgIpc) is 3.28. The lowest BCUT2D eigenvalue weighted by molar-refractivity contribution is -0.384. The minimum atomic E-state index is -1.06. The van der Waals surface area contributed by atoms with Crippen LogP contribution in [-0.2, 0) is 9.59 Å². The quantitative estimate of drug-likeness (QED) is 0.106. The van der Waals surface area contributed by atoms with Crippen LogP contribution in [0.1, 0.15) is 31.7 Å². The summed E-state index contributed by atoms with van der Waals surface area (Å²) in [6.45, 7) is 1.43. The lowest BCUT2D eigenvalue weighted by atomic mass is 9.68. The monoisotopic (exact) mass is 632 g/mol. The normalized spacial score (nSPS) is 20.8. The van der Waals surface area contributed by atoms with Crippen LogP contribution in [0, 0.1) is 27.9 Å². The zero-order valence-corrected chi connectivity index (χ0v) is 25.3. The van der Waals surface area contributed by atoms with Crippen molar-refractivity contribution in [2.24, 2.45) is 17.8 Å². The van der Waals surface area contributed by atoms with Crippen LogP contribution in [-0.4, -0.2) is 51.4 Å². The highest BCUT2D eigenvalue weighted by atomic mass is 35.5. The topological polar surface area (TPSA) is 150 Å². The highest BCUT2D eigenvalue weighted by Crippen LogP contribution is 2.47. The number of aliphatic hydroxyl groups excluding tert-OH is 2. The molecule has 11 heteroatoms. The van der Waals surface area contributed by atoms with Gasteiger partial charge in [0.15, 0.2) is 0 Å². The molecule has 0 bridgehead atoms. The number of carbonyl (C=O) groups is 2. The summed E-state index contributed by atoms with van der Waals surface area (Å²) in [4.78, 5) is 39.3. The number of para-hydroxylation sites is 1. The zero-order valence-electron chi connectivity index (χ0n) is 24.5. The lowest BCUT2D eigenvalue weighted by Gasteiger charge is -2.36. The molecule has 3 aromatic rings. The fraction of sp³-hybridized carbons (Fsp3) is 0.294. The van der Waals surface area contributed by atoms with Crippen LogP contribution in [0.3, 0.4) is 0 Å². The van der Waals surface area contributed by atoms with Gasteiger partial charge >= 0.3 is 0 Å². The van der Waals surface area contributed by atoms with E-state index in [2.05, 4.69) is 0 Å². The van der Waals surface area contributed by atoms with Crippen molar-refractivity contribution in [3.05, 3.63) is 110 Å². The highest BCUT2D eigenvalue weighted by molar-refractivity contribution is 6.32. The fourth-order valence-electron chi connectivity index (χ4n) is 6.27. The Labute approximate surface area is 265 Å². The summed E-state index contributed by atoms with van der Waals surface area (Å²) in [6, 6.07) is 19.0. The van der Waals surface area contributed by atoms with Crippen molar-refractivity contribution in [2.45, 2.75) is 32.3 Å². The Balaban J connectivity index is 1.45. The van der Waals surface area contributed by atoms with Crippen molar-refractivity contribution in [3.8, 4) is 11.5 Å². The molecule has 4 atom stereocenters. The second kappa shape index (κ2) is 13.6. The molecule has 3 aromatic carbocycles. The first-order chi connectivity index (χ1) is 21.6. The van der Waals surface area contributed by atoms with Crippen LogP contribution in [0.5, 0.6) is 11.5 Å². The van der Waals surface area contributed by atoms with Crippen LogP contribution in [0.4, 0.5) is 11.4 Å². The molecule has 0 unspecified atom stereocenters. The smallest absolute Gasteiger partial charge is 0.271 e. The van der Waals surface area contributed by atoms with Crippen molar-refractivity contribution >= 4 is 40.9 Å². The van der Waals surface area contributed by atoms with Gasteiger partial charge in [-0.2, -0.15) is 0 Å². The number of nitro benzene ring substituents is 1. The van der Waals surface area contributed by atoms with E-state index in [-0.39, 0.29) is 36.6 Å². The van der Waals surface area contributed by atoms with Gasteiger partial charge in [0.25, 0.3) is 5.69 Å². The van der Waals surface area contributed by atoms with E-state index in [9.17, 15) is 35.0 Å². The van der Waals surface area contributed by atoms with Gasteiger partial charge in [-0.1, -0.05) is 47.5 Å². The van der Waals surface area contributed by atoms with Gasteiger partial charge in [-0.25, -0.2) is 4.90 Å². The largest absolute Gasteiger partial charge is 0.508 e. The summed E-state index contributed by atoms with van der Waals surface area (Å²) < 4.78 is 6.03. The van der Waals surface area contributed by atoms with Crippen molar-refractivity contribution < 1.29 is 34.6 Å². The molecule has 45 heavy (non-hydrogen) atoms. The molecule has 5 rings (SSSR count). The third-order valence-electron chi connectivity index (χ3n) is 8.39. The predicted octanol–water partition coefficient (Wildman–Crippen LogP) is 5.69. The number of non-ortho nitro benzene ring substituents is 1. The van der Waals surface area contributed by atoms with E-state index in [0.29, 0.717) is 33.9 Å². The molecule has 10 nitrogen and oxygen atoms in total. The van der Waals surface area contributed by atoms with Gasteiger partial charge in [0.2, 0.25) is 11.8 Å². The van der Waals surface area contributed by atoms with Gasteiger partial charge in [0, 0.05) is 18.1 Å². The summed E-state index contributed by atoms with van der Waals surface area (Å²) >= 11 is 6.26. The average molecular weight is 633 g/mol. The van der Waals surface area contributed by atoms with E-state index < -0.39 is 47.2 Å². The summed E-state index contributed by atoms with van der Waals surface area (Å²) in [5.41, 5.74) is 2.53. The molecule has 1 saturated heterocycles. The standard InChI is InChI=1S/C34H33ClN2O8/c1-20(14-21-11-12-25(39)17-29(21)35)10-13-30(40)31-22(19-45-26-8-3-2-4-9-26)15-27-32(28(31)18-38)34(42)36(33(27)41)23-6-5-7-24(16-23)37(43)44/h2-9,11-12,14,16-17,27-28,30,32,38-40H,10,13,15,18-19H2,1H3/b20-14+/t27-,28+,30-,32-/m1/s1. The minimum absolute atomic E-state index is 0.0341. The van der Waals surface area contributed by atoms with Gasteiger partial charge in [-0.05, 0) is 79.3 Å². The molecule has 0 spiro atoms. The van der Waals surface area contributed by atoms with Crippen molar-refractivity contribution in [1.29, 1.82) is 0 Å². The number of aromatic hydroxyl groups is 1. The molecule has 1 aliphatic carbocycles. The molecule has 0 aromatic heterocycles. The summed E-state index contributed by atoms with van der Waals surface area (Å²) in [5, 5.41) is 43.7. The molecule has 0 radical (unpaired) electrons. The Morgan fingerprint density at radius 2 is 1.87 bits per heavy atom. The number of nitro groups is 1. The maximum Gasteiger partial charge on any atom is 0.271 e. The number of allylic oxidation sites excluding steroid dienone is 1. The van der Waals surface area contributed by atoms with Gasteiger partial charge in [0.1, 0.15) is 18.1 Å². The number of phenolic OH excluding ortho intramolecular Hbond substituents is 1. The highest BCUT2D eigenvalue weighted by Gasteiger charge is 2.55. The third kappa shape index (κ3) is 6.78. The molecule has 0 saturated carbocycles. The van der Waals surface area contributed by atoms with Gasteiger partial charge < -0.3 is 20.1 Å². The van der Waals surface area contributed by atoms with E-state index in [4.69, 9.17) is 16.3 Å². The first kappa shape index (κ1) is 31.9. The molecule has 234 valence electrons. The number of hydrogen-bond acceptors (Lipinski definition) is 8. The Hall–Kier alpha value is -4.51. The summed E-state index contributed by atoms with van der Waals surface area (Å²) in [5.74, 6) is -3.12. The minimum Gasteiger partial charge on any atom is -0.508 e. The van der Waals surface area contributed by atoms with Gasteiger partial charge in [-0.15, -0.1) is 0 Å². The molecule has 2 amide bonds.